The van der Waals surface area contributed by atoms with E-state index in [0.717, 1.165) is 25.7 Å². The third kappa shape index (κ3) is 4.49. The van der Waals surface area contributed by atoms with Gasteiger partial charge in [-0.1, -0.05) is 24.4 Å². The molecule has 2 aliphatic rings. The summed E-state index contributed by atoms with van der Waals surface area (Å²) in [6, 6.07) is 9.77. The highest BCUT2D eigenvalue weighted by atomic mass is 35.5. The fraction of sp³-hybridized carbons (Fsp3) is 0.381. The third-order valence-electron chi connectivity index (χ3n) is 5.28. The van der Waals surface area contributed by atoms with Crippen molar-refractivity contribution in [3.8, 4) is 11.5 Å². The Hall–Kier alpha value is -2.45. The molecule has 1 fully saturated rings. The first-order chi connectivity index (χ1) is 14.4. The largest absolute Gasteiger partial charge is 0.486 e. The minimum absolute atomic E-state index is 0.000504. The summed E-state index contributed by atoms with van der Waals surface area (Å²) in [4.78, 5) is 12.6. The maximum Gasteiger partial charge on any atom is 0.243 e. The van der Waals surface area contributed by atoms with Gasteiger partial charge in [0, 0.05) is 17.8 Å². The first kappa shape index (κ1) is 20.8. The molecule has 0 atom stereocenters. The van der Waals surface area contributed by atoms with E-state index in [-0.39, 0.29) is 17.7 Å². The lowest BCUT2D eigenvalue weighted by atomic mass is 10.2. The van der Waals surface area contributed by atoms with Gasteiger partial charge in [0.1, 0.15) is 13.2 Å². The summed E-state index contributed by atoms with van der Waals surface area (Å²) in [5, 5.41) is 5.80. The van der Waals surface area contributed by atoms with Gasteiger partial charge in [0.15, 0.2) is 21.3 Å². The molecule has 30 heavy (non-hydrogen) atoms. The lowest BCUT2D eigenvalue weighted by Gasteiger charge is -2.20. The van der Waals surface area contributed by atoms with Crippen molar-refractivity contribution in [2.75, 3.05) is 30.4 Å². The van der Waals surface area contributed by atoms with Gasteiger partial charge in [-0.2, -0.15) is 0 Å². The predicted molar refractivity (Wildman–Crippen MR) is 115 cm³/mol. The average molecular weight is 451 g/mol. The van der Waals surface area contributed by atoms with Gasteiger partial charge in [-0.15, -0.1) is 0 Å². The molecule has 0 spiro atoms. The smallest absolute Gasteiger partial charge is 0.243 e. The maximum absolute atomic E-state index is 12.6. The molecule has 160 valence electrons. The zero-order valence-corrected chi connectivity index (χ0v) is 17.9. The van der Waals surface area contributed by atoms with Gasteiger partial charge in [0.05, 0.1) is 27.4 Å². The number of hydrogen-bond acceptors (Lipinski definition) is 6. The number of hydrogen-bond donors (Lipinski definition) is 2. The van der Waals surface area contributed by atoms with Gasteiger partial charge in [-0.25, -0.2) is 8.42 Å². The second-order valence-electron chi connectivity index (χ2n) is 7.35. The lowest BCUT2D eigenvalue weighted by molar-refractivity contribution is -0.114. The highest BCUT2D eigenvalue weighted by Gasteiger charge is 2.30. The number of rotatable bonds is 6. The second kappa shape index (κ2) is 8.73. The third-order valence-corrected chi connectivity index (χ3v) is 7.87. The maximum atomic E-state index is 12.6. The van der Waals surface area contributed by atoms with E-state index in [2.05, 4.69) is 10.6 Å². The summed E-state index contributed by atoms with van der Waals surface area (Å²) in [5.74, 6) is 0.791. The minimum Gasteiger partial charge on any atom is -0.486 e. The van der Waals surface area contributed by atoms with E-state index >= 15 is 0 Å². The lowest BCUT2D eigenvalue weighted by Crippen LogP contribution is -2.22. The minimum atomic E-state index is -3.28. The Morgan fingerprint density at radius 1 is 1.03 bits per heavy atom. The number of benzene rings is 2. The number of fused-ring (bicyclic) bond motifs is 1. The van der Waals surface area contributed by atoms with Crippen LogP contribution in [0, 0.1) is 0 Å². The normalized spacial score (nSPS) is 16.3. The number of nitrogens with one attached hydrogen (secondary N) is 2. The molecule has 0 unspecified atom stereocenters. The molecule has 1 aliphatic carbocycles. The van der Waals surface area contributed by atoms with Gasteiger partial charge in [0.2, 0.25) is 5.91 Å². The van der Waals surface area contributed by atoms with Crippen molar-refractivity contribution in [1.29, 1.82) is 0 Å². The van der Waals surface area contributed by atoms with Crippen molar-refractivity contribution >= 4 is 38.7 Å². The summed E-state index contributed by atoms with van der Waals surface area (Å²) in [6.07, 6.45) is 3.38. The van der Waals surface area contributed by atoms with E-state index in [4.69, 9.17) is 21.1 Å². The highest BCUT2D eigenvalue weighted by Crippen LogP contribution is 2.38. The molecular weight excluding hydrogens is 428 g/mol. The molecule has 2 aromatic rings. The van der Waals surface area contributed by atoms with E-state index in [1.165, 1.54) is 0 Å². The van der Waals surface area contributed by atoms with Crippen molar-refractivity contribution in [1.82, 2.24) is 0 Å². The molecule has 2 N–H and O–H groups in total. The number of amides is 1. The zero-order valence-electron chi connectivity index (χ0n) is 16.3. The summed E-state index contributed by atoms with van der Waals surface area (Å²) >= 11 is 6.21. The Labute approximate surface area is 180 Å². The second-order valence-corrected chi connectivity index (χ2v) is 9.99. The Kier molecular flexibility index (Phi) is 6.06. The number of carbonyl (C=O) groups excluding carboxylic acids is 1. The van der Waals surface area contributed by atoms with Crippen LogP contribution in [0.4, 0.5) is 11.4 Å². The molecule has 0 bridgehead atoms. The van der Waals surface area contributed by atoms with Crippen molar-refractivity contribution < 1.29 is 22.7 Å². The number of sulfone groups is 1. The van der Waals surface area contributed by atoms with Gasteiger partial charge >= 0.3 is 0 Å². The molecule has 7 nitrogen and oxygen atoms in total. The fourth-order valence-corrected chi connectivity index (χ4v) is 5.75. The topological polar surface area (TPSA) is 93.7 Å². The molecular formula is C21H23ClN2O5S. The fourth-order valence-electron chi connectivity index (χ4n) is 3.69. The Balaban J connectivity index is 1.35. The molecule has 4 rings (SSSR count). The van der Waals surface area contributed by atoms with Crippen molar-refractivity contribution in [3.63, 3.8) is 0 Å². The Morgan fingerprint density at radius 2 is 1.67 bits per heavy atom. The van der Waals surface area contributed by atoms with E-state index in [1.807, 2.05) is 0 Å². The number of anilines is 2. The summed E-state index contributed by atoms with van der Waals surface area (Å²) in [6.45, 7) is 0.898. The van der Waals surface area contributed by atoms with Crippen LogP contribution in [0.1, 0.15) is 25.7 Å². The van der Waals surface area contributed by atoms with E-state index < -0.39 is 9.84 Å². The van der Waals surface area contributed by atoms with Crippen molar-refractivity contribution in [2.24, 2.45) is 0 Å². The van der Waals surface area contributed by atoms with Crippen LogP contribution in [0.15, 0.2) is 41.3 Å². The average Bonchev–Trinajstić information content (AvgIpc) is 3.29. The number of ether oxygens (including phenoxy) is 2. The Morgan fingerprint density at radius 3 is 2.33 bits per heavy atom. The van der Waals surface area contributed by atoms with Crippen LogP contribution in [-0.2, 0) is 14.6 Å². The van der Waals surface area contributed by atoms with Crippen LogP contribution < -0.4 is 20.1 Å². The molecule has 0 saturated heterocycles. The van der Waals surface area contributed by atoms with Gasteiger partial charge in [-0.05, 0) is 37.1 Å². The molecule has 0 aromatic heterocycles. The summed E-state index contributed by atoms with van der Waals surface area (Å²) < 4.78 is 36.2. The van der Waals surface area contributed by atoms with E-state index in [9.17, 15) is 13.2 Å². The summed E-state index contributed by atoms with van der Waals surface area (Å²) in [7, 11) is -3.28. The molecule has 1 heterocycles. The van der Waals surface area contributed by atoms with Crippen molar-refractivity contribution in [3.05, 3.63) is 41.4 Å². The van der Waals surface area contributed by atoms with Crippen LogP contribution in [0.5, 0.6) is 11.5 Å². The molecule has 0 radical (unpaired) electrons. The molecule has 1 aliphatic heterocycles. The monoisotopic (exact) mass is 450 g/mol. The van der Waals surface area contributed by atoms with Crippen LogP contribution in [0.3, 0.4) is 0 Å². The van der Waals surface area contributed by atoms with Gasteiger partial charge < -0.3 is 20.1 Å². The van der Waals surface area contributed by atoms with Crippen LogP contribution in [-0.4, -0.2) is 39.3 Å². The molecule has 1 amide bonds. The number of halogens is 1. The number of carbonyl (C=O) groups is 1. The first-order valence-corrected chi connectivity index (χ1v) is 11.8. The van der Waals surface area contributed by atoms with Gasteiger partial charge in [0.25, 0.3) is 0 Å². The van der Waals surface area contributed by atoms with Crippen LogP contribution >= 0.6 is 11.6 Å². The van der Waals surface area contributed by atoms with E-state index in [0.29, 0.717) is 46.0 Å². The zero-order chi connectivity index (χ0) is 21.1. The van der Waals surface area contributed by atoms with Gasteiger partial charge in [-0.3, -0.25) is 4.79 Å². The van der Waals surface area contributed by atoms with E-state index in [1.54, 1.807) is 36.4 Å². The quantitative estimate of drug-likeness (QED) is 0.693. The van der Waals surface area contributed by atoms with Crippen LogP contribution in [0.2, 0.25) is 5.02 Å². The molecule has 1 saturated carbocycles. The predicted octanol–water partition coefficient (Wildman–Crippen LogP) is 3.88. The highest BCUT2D eigenvalue weighted by molar-refractivity contribution is 7.92. The SMILES string of the molecule is O=C(CNc1ccc(S(=O)(=O)C2CCCC2)cc1)Nc1cc2c(cc1Cl)OCCO2. The summed E-state index contributed by atoms with van der Waals surface area (Å²) in [5.41, 5.74) is 1.09. The van der Waals surface area contributed by atoms with Crippen LogP contribution in [0.25, 0.3) is 0 Å². The molecule has 2 aromatic carbocycles. The molecule has 9 heteroatoms. The standard InChI is InChI=1S/C21H23ClN2O5S/c22-17-11-19-20(29-10-9-28-19)12-18(17)24-21(25)13-23-14-5-7-16(8-6-14)30(26,27)15-3-1-2-4-15/h5-8,11-12,15,23H,1-4,9-10,13H2,(H,24,25). The first-order valence-electron chi connectivity index (χ1n) is 9.90. The van der Waals surface area contributed by atoms with Crippen molar-refractivity contribution in [2.45, 2.75) is 35.8 Å². The Bertz CT molecular complexity index is 1030.